The molecule has 0 radical (unpaired) electrons. The molecule has 0 N–H and O–H groups in total. The van der Waals surface area contributed by atoms with E-state index >= 15 is 0 Å². The SMILES string of the molecule is C=CCC=CC(=C)[Si]#[Os]. The summed E-state index contributed by atoms with van der Waals surface area (Å²) in [6, 6.07) is 0. The summed E-state index contributed by atoms with van der Waals surface area (Å²) in [7, 11) is 0. The number of rotatable bonds is 3. The van der Waals surface area contributed by atoms with Crippen molar-refractivity contribution in [1.82, 2.24) is 0 Å². The molecule has 0 heterocycles. The van der Waals surface area contributed by atoms with Crippen molar-refractivity contribution in [1.29, 1.82) is 0 Å². The van der Waals surface area contributed by atoms with E-state index in [1.54, 1.807) is 0 Å². The van der Waals surface area contributed by atoms with Crippen molar-refractivity contribution in [2.24, 2.45) is 0 Å². The molecular weight excluding hydrogens is 302 g/mol. The van der Waals surface area contributed by atoms with E-state index in [4.69, 9.17) is 0 Å². The molecule has 0 aliphatic heterocycles. The summed E-state index contributed by atoms with van der Waals surface area (Å²) in [5, 5.41) is 1.22. The first-order chi connectivity index (χ1) is 4.31. The van der Waals surface area contributed by atoms with E-state index in [-0.39, 0.29) is 0 Å². The monoisotopic (exact) mass is 313 g/mol. The number of hydrogen-bond acceptors (Lipinski definition) is 0. The fourth-order valence-corrected chi connectivity index (χ4v) is 1.15. The standard InChI is InChI=1S/C7H9Si.Os/c1-3-4-5-6-7(2)8;/h3,5-6H,1-2,4H2;. The van der Waals surface area contributed by atoms with E-state index < -0.39 is 0 Å². The van der Waals surface area contributed by atoms with Crippen molar-refractivity contribution in [3.63, 3.8) is 0 Å². The van der Waals surface area contributed by atoms with Gasteiger partial charge in [0.15, 0.2) is 0 Å². The van der Waals surface area contributed by atoms with Crippen LogP contribution in [0.15, 0.2) is 36.6 Å². The van der Waals surface area contributed by atoms with Gasteiger partial charge in [-0.3, -0.25) is 0 Å². The van der Waals surface area contributed by atoms with Gasteiger partial charge in [0.05, 0.1) is 0 Å². The van der Waals surface area contributed by atoms with Gasteiger partial charge in [-0.25, -0.2) is 0 Å². The van der Waals surface area contributed by atoms with Crippen LogP contribution in [0.4, 0.5) is 0 Å². The van der Waals surface area contributed by atoms with Gasteiger partial charge in [-0.15, -0.1) is 0 Å². The molecule has 0 aromatic rings. The zero-order chi connectivity index (χ0) is 7.11. The molecule has 0 nitrogen and oxygen atoms in total. The van der Waals surface area contributed by atoms with Crippen LogP contribution >= 0.6 is 0 Å². The van der Waals surface area contributed by atoms with Crippen LogP contribution in [0.25, 0.3) is 0 Å². The van der Waals surface area contributed by atoms with E-state index in [2.05, 4.69) is 25.3 Å². The zero-order valence-corrected chi connectivity index (χ0v) is 8.75. The summed E-state index contributed by atoms with van der Waals surface area (Å²) in [5.74, 6) is 0. The van der Waals surface area contributed by atoms with E-state index in [1.807, 2.05) is 23.2 Å². The second-order valence-corrected chi connectivity index (χ2v) is 4.26. The Labute approximate surface area is 67.3 Å². The Kier molecular flexibility index (Phi) is 6.25. The third kappa shape index (κ3) is 5.95. The van der Waals surface area contributed by atoms with Crippen LogP contribution in [-0.2, 0) is 17.2 Å². The summed E-state index contributed by atoms with van der Waals surface area (Å²) in [5.41, 5.74) is 0. The molecule has 0 bridgehead atoms. The topological polar surface area (TPSA) is 0 Å². The molecule has 0 amide bonds. The first kappa shape index (κ1) is 9.07. The molecule has 0 aliphatic rings. The van der Waals surface area contributed by atoms with Crippen LogP contribution in [0.3, 0.4) is 0 Å². The second kappa shape index (κ2) is 6.20. The fourth-order valence-electron chi connectivity index (χ4n) is 0.336. The molecule has 0 aromatic heterocycles. The Morgan fingerprint density at radius 1 is 1.67 bits per heavy atom. The van der Waals surface area contributed by atoms with Gasteiger partial charge in [0.1, 0.15) is 0 Å². The summed E-state index contributed by atoms with van der Waals surface area (Å²) >= 11 is 1.95. The minimum atomic E-state index is 0.855. The average molecular weight is 311 g/mol. The molecule has 0 rings (SSSR count). The van der Waals surface area contributed by atoms with Gasteiger partial charge in [0.25, 0.3) is 0 Å². The van der Waals surface area contributed by atoms with Crippen molar-refractivity contribution in [3.8, 4) is 0 Å². The number of hydrogen-bond donors (Lipinski definition) is 0. The molecule has 0 unspecified atom stereocenters. The molecule has 0 saturated carbocycles. The molecule has 0 atom stereocenters. The van der Waals surface area contributed by atoms with E-state index in [9.17, 15) is 0 Å². The van der Waals surface area contributed by atoms with E-state index in [0.717, 1.165) is 13.4 Å². The van der Waals surface area contributed by atoms with Gasteiger partial charge in [-0.2, -0.15) is 0 Å². The molecule has 0 aromatic carbocycles. The quantitative estimate of drug-likeness (QED) is 0.424. The third-order valence-electron chi connectivity index (χ3n) is 0.735. The van der Waals surface area contributed by atoms with Gasteiger partial charge in [-0.05, 0) is 0 Å². The van der Waals surface area contributed by atoms with E-state index in [0.29, 0.717) is 0 Å². The van der Waals surface area contributed by atoms with Crippen LogP contribution in [-0.4, -0.2) is 7.00 Å². The summed E-state index contributed by atoms with van der Waals surface area (Å²) in [4.78, 5) is 0. The van der Waals surface area contributed by atoms with E-state index in [1.165, 1.54) is 5.20 Å². The molecule has 0 aliphatic carbocycles. The number of allylic oxidation sites excluding steroid dienone is 4. The van der Waals surface area contributed by atoms with Crippen molar-refractivity contribution in [2.45, 2.75) is 6.42 Å². The normalized spacial score (nSPS) is 8.89. The van der Waals surface area contributed by atoms with Crippen molar-refractivity contribution in [3.05, 3.63) is 36.6 Å². The fraction of sp³-hybridized carbons (Fsp3) is 0.143. The first-order valence-electron chi connectivity index (χ1n) is 2.63. The van der Waals surface area contributed by atoms with Crippen LogP contribution in [0, 0.1) is 0 Å². The molecule has 9 heavy (non-hydrogen) atoms. The molecule has 0 fully saturated rings. The van der Waals surface area contributed by atoms with Gasteiger partial charge < -0.3 is 0 Å². The first-order valence-corrected chi connectivity index (χ1v) is 7.29. The summed E-state index contributed by atoms with van der Waals surface area (Å²) in [6.07, 6.45) is 6.97. The maximum atomic E-state index is 3.84. The Hall–Kier alpha value is 0.0732. The van der Waals surface area contributed by atoms with Crippen LogP contribution in [0.5, 0.6) is 0 Å². The van der Waals surface area contributed by atoms with Crippen LogP contribution < -0.4 is 0 Å². The second-order valence-electron chi connectivity index (χ2n) is 1.54. The molecule has 2 heteroatoms. The Morgan fingerprint density at radius 2 is 2.33 bits per heavy atom. The Bertz CT molecular complexity index is 174. The molecule has 0 saturated heterocycles. The predicted molar refractivity (Wildman–Crippen MR) is 38.8 cm³/mol. The molecule has 49 valence electrons. The zero-order valence-electron chi connectivity index (χ0n) is 5.21. The van der Waals surface area contributed by atoms with Gasteiger partial charge >= 0.3 is 67.2 Å². The predicted octanol–water partition coefficient (Wildman–Crippen LogP) is 1.80. The van der Waals surface area contributed by atoms with Gasteiger partial charge in [-0.1, -0.05) is 0 Å². The maximum absolute atomic E-state index is 3.84. The van der Waals surface area contributed by atoms with Crippen molar-refractivity contribution in [2.75, 3.05) is 0 Å². The minimum absolute atomic E-state index is 0.855. The van der Waals surface area contributed by atoms with Gasteiger partial charge in [0, 0.05) is 0 Å². The van der Waals surface area contributed by atoms with Crippen molar-refractivity contribution >= 4 is 7.00 Å². The Morgan fingerprint density at radius 3 is 2.78 bits per heavy atom. The average Bonchev–Trinajstić information content (AvgIpc) is 1.89. The molecule has 0 spiro atoms. The van der Waals surface area contributed by atoms with Gasteiger partial charge in [0.2, 0.25) is 0 Å². The van der Waals surface area contributed by atoms with Crippen LogP contribution in [0.2, 0.25) is 0 Å². The molecular formula is C7H9OsSi. The van der Waals surface area contributed by atoms with Crippen molar-refractivity contribution < 1.29 is 17.2 Å². The summed E-state index contributed by atoms with van der Waals surface area (Å²) < 4.78 is 0. The van der Waals surface area contributed by atoms with Crippen LogP contribution in [0.1, 0.15) is 6.42 Å². The Balaban J connectivity index is 3.60. The summed E-state index contributed by atoms with van der Waals surface area (Å²) in [6.45, 7) is 8.30. The third-order valence-corrected chi connectivity index (χ3v) is 3.58.